The van der Waals surface area contributed by atoms with Gasteiger partial charge in [-0.05, 0) is 46.7 Å². The number of guanidine groups is 1. The largest absolute Gasteiger partial charge is 0.381 e. The summed E-state index contributed by atoms with van der Waals surface area (Å²) in [7, 11) is 4.30. The minimum absolute atomic E-state index is 0.0806. The molecule has 2 N–H and O–H groups in total. The number of rotatable bonds is 4. The molecular formula is C19H35N5O2. The summed E-state index contributed by atoms with van der Waals surface area (Å²) in [5.74, 6) is 1.20. The van der Waals surface area contributed by atoms with Crippen molar-refractivity contribution < 1.29 is 9.53 Å². The highest BCUT2D eigenvalue weighted by Gasteiger charge is 2.42. The van der Waals surface area contributed by atoms with Crippen LogP contribution < -0.4 is 10.6 Å². The number of hydrogen-bond acceptors (Lipinski definition) is 4. The van der Waals surface area contributed by atoms with Crippen LogP contribution in [0.15, 0.2) is 4.99 Å². The number of hydrogen-bond donors (Lipinski definition) is 2. The van der Waals surface area contributed by atoms with Gasteiger partial charge in [-0.2, -0.15) is 0 Å². The third-order valence-corrected chi connectivity index (χ3v) is 6.39. The Kier molecular flexibility index (Phi) is 6.07. The molecule has 0 aromatic rings. The number of ether oxygens (including phenoxy) is 1. The van der Waals surface area contributed by atoms with E-state index in [1.807, 2.05) is 0 Å². The van der Waals surface area contributed by atoms with Crippen LogP contribution in [0.2, 0.25) is 0 Å². The molecule has 0 aromatic carbocycles. The van der Waals surface area contributed by atoms with Crippen molar-refractivity contribution in [2.75, 3.05) is 60.0 Å². The SMILES string of the molecule is CCNC(=NCC1(N(C)C)CCOCC1)N1CCCC2(CNC(=O)C2)C1. The molecule has 0 saturated carbocycles. The fourth-order valence-electron chi connectivity index (χ4n) is 4.57. The van der Waals surface area contributed by atoms with Gasteiger partial charge in [0.15, 0.2) is 5.96 Å². The predicted octanol–water partition coefficient (Wildman–Crippen LogP) is 0.665. The standard InChI is InChI=1S/C19H35N5O2/c1-4-20-17(22-14-19(23(2)3)7-10-26-11-8-19)24-9-5-6-18(15-24)12-16(25)21-13-18/h4-15H2,1-3H3,(H,20,22)(H,21,25). The molecule has 3 fully saturated rings. The third-order valence-electron chi connectivity index (χ3n) is 6.39. The molecule has 1 atom stereocenters. The summed E-state index contributed by atoms with van der Waals surface area (Å²) in [6.45, 7) is 8.11. The Labute approximate surface area is 157 Å². The monoisotopic (exact) mass is 365 g/mol. The molecule has 148 valence electrons. The Morgan fingerprint density at radius 1 is 1.35 bits per heavy atom. The van der Waals surface area contributed by atoms with E-state index in [4.69, 9.17) is 9.73 Å². The maximum atomic E-state index is 11.8. The average Bonchev–Trinajstić information content (AvgIpc) is 2.99. The summed E-state index contributed by atoms with van der Waals surface area (Å²) >= 11 is 0. The second kappa shape index (κ2) is 8.13. The lowest BCUT2D eigenvalue weighted by Gasteiger charge is -2.43. The van der Waals surface area contributed by atoms with E-state index in [2.05, 4.69) is 41.5 Å². The molecule has 0 bridgehead atoms. The van der Waals surface area contributed by atoms with Gasteiger partial charge < -0.3 is 25.2 Å². The van der Waals surface area contributed by atoms with Crippen LogP contribution in [0.5, 0.6) is 0 Å². The fraction of sp³-hybridized carbons (Fsp3) is 0.895. The normalized spacial score (nSPS) is 29.3. The van der Waals surface area contributed by atoms with Crippen LogP contribution in [0.3, 0.4) is 0 Å². The van der Waals surface area contributed by atoms with Crippen LogP contribution in [0, 0.1) is 5.41 Å². The van der Waals surface area contributed by atoms with Crippen molar-refractivity contribution >= 4 is 11.9 Å². The maximum absolute atomic E-state index is 11.8. The number of likely N-dealkylation sites (N-methyl/N-ethyl adjacent to an activating group) is 1. The number of likely N-dealkylation sites (tertiary alicyclic amines) is 1. The Morgan fingerprint density at radius 2 is 2.12 bits per heavy atom. The lowest BCUT2D eigenvalue weighted by Crippen LogP contribution is -2.54. The molecule has 1 unspecified atom stereocenters. The summed E-state index contributed by atoms with van der Waals surface area (Å²) in [6, 6.07) is 0. The van der Waals surface area contributed by atoms with Crippen LogP contribution in [-0.4, -0.2) is 87.2 Å². The number of carbonyl (C=O) groups is 1. The van der Waals surface area contributed by atoms with Gasteiger partial charge in [0.1, 0.15) is 0 Å². The Bertz CT molecular complexity index is 530. The van der Waals surface area contributed by atoms with Crippen molar-refractivity contribution in [3.8, 4) is 0 Å². The van der Waals surface area contributed by atoms with Crippen LogP contribution in [0.25, 0.3) is 0 Å². The van der Waals surface area contributed by atoms with E-state index in [0.29, 0.717) is 6.42 Å². The van der Waals surface area contributed by atoms with Gasteiger partial charge in [-0.3, -0.25) is 9.79 Å². The van der Waals surface area contributed by atoms with Gasteiger partial charge in [-0.25, -0.2) is 0 Å². The first-order chi connectivity index (χ1) is 12.5. The van der Waals surface area contributed by atoms with E-state index in [0.717, 1.165) is 77.6 Å². The van der Waals surface area contributed by atoms with Gasteiger partial charge in [0.2, 0.25) is 5.91 Å². The first-order valence-electron chi connectivity index (χ1n) is 10.0. The topological polar surface area (TPSA) is 69.2 Å². The van der Waals surface area contributed by atoms with Gasteiger partial charge in [-0.15, -0.1) is 0 Å². The highest BCUT2D eigenvalue weighted by atomic mass is 16.5. The molecule has 26 heavy (non-hydrogen) atoms. The van der Waals surface area contributed by atoms with Crippen LogP contribution >= 0.6 is 0 Å². The number of nitrogens with zero attached hydrogens (tertiary/aromatic N) is 3. The maximum Gasteiger partial charge on any atom is 0.220 e. The first kappa shape index (κ1) is 19.4. The zero-order valence-electron chi connectivity index (χ0n) is 16.6. The second-order valence-electron chi connectivity index (χ2n) is 8.38. The van der Waals surface area contributed by atoms with E-state index in [-0.39, 0.29) is 16.9 Å². The van der Waals surface area contributed by atoms with Gasteiger partial charge in [0.25, 0.3) is 0 Å². The quantitative estimate of drug-likeness (QED) is 0.566. The van der Waals surface area contributed by atoms with Crippen molar-refractivity contribution in [1.29, 1.82) is 0 Å². The highest BCUT2D eigenvalue weighted by Crippen LogP contribution is 2.36. The minimum atomic E-state index is 0.0806. The molecule has 3 aliphatic heterocycles. The zero-order valence-corrected chi connectivity index (χ0v) is 16.6. The van der Waals surface area contributed by atoms with Crippen molar-refractivity contribution in [3.05, 3.63) is 0 Å². The number of carbonyl (C=O) groups excluding carboxylic acids is 1. The van der Waals surface area contributed by atoms with Gasteiger partial charge in [-0.1, -0.05) is 0 Å². The van der Waals surface area contributed by atoms with E-state index in [1.54, 1.807) is 0 Å². The average molecular weight is 366 g/mol. The molecule has 0 aromatic heterocycles. The third kappa shape index (κ3) is 4.14. The number of nitrogens with one attached hydrogen (secondary N) is 2. The lowest BCUT2D eigenvalue weighted by atomic mass is 9.79. The van der Waals surface area contributed by atoms with Crippen LogP contribution in [0.1, 0.15) is 39.0 Å². The molecule has 3 aliphatic rings. The van der Waals surface area contributed by atoms with E-state index >= 15 is 0 Å². The van der Waals surface area contributed by atoms with Crippen LogP contribution in [-0.2, 0) is 9.53 Å². The molecule has 1 spiro atoms. The Hall–Kier alpha value is -1.34. The number of amides is 1. The van der Waals surface area contributed by atoms with Crippen molar-refractivity contribution in [2.24, 2.45) is 10.4 Å². The van der Waals surface area contributed by atoms with Crippen LogP contribution in [0.4, 0.5) is 0 Å². The zero-order chi connectivity index (χ0) is 18.6. The molecule has 1 amide bonds. The molecule has 3 heterocycles. The molecule has 0 radical (unpaired) electrons. The van der Waals surface area contributed by atoms with E-state index in [1.165, 1.54) is 0 Å². The second-order valence-corrected chi connectivity index (χ2v) is 8.38. The number of piperidine rings is 1. The van der Waals surface area contributed by atoms with E-state index < -0.39 is 0 Å². The fourth-order valence-corrected chi connectivity index (χ4v) is 4.57. The first-order valence-corrected chi connectivity index (χ1v) is 10.0. The molecule has 3 saturated heterocycles. The smallest absolute Gasteiger partial charge is 0.220 e. The minimum Gasteiger partial charge on any atom is -0.381 e. The molecule has 3 rings (SSSR count). The van der Waals surface area contributed by atoms with Crippen molar-refractivity contribution in [2.45, 2.75) is 44.6 Å². The molecule has 7 heteroatoms. The summed E-state index contributed by atoms with van der Waals surface area (Å²) in [6.07, 6.45) is 4.94. The van der Waals surface area contributed by atoms with Crippen molar-refractivity contribution in [3.63, 3.8) is 0 Å². The van der Waals surface area contributed by atoms with Gasteiger partial charge in [0.05, 0.1) is 6.54 Å². The van der Waals surface area contributed by atoms with E-state index in [9.17, 15) is 4.79 Å². The lowest BCUT2D eigenvalue weighted by molar-refractivity contribution is -0.119. The number of aliphatic imine (C=N–C) groups is 1. The summed E-state index contributed by atoms with van der Waals surface area (Å²) in [5.41, 5.74) is 0.167. The molecular weight excluding hydrogens is 330 g/mol. The van der Waals surface area contributed by atoms with Gasteiger partial charge >= 0.3 is 0 Å². The molecule has 0 aliphatic carbocycles. The molecule has 7 nitrogen and oxygen atoms in total. The van der Waals surface area contributed by atoms with Gasteiger partial charge in [0, 0.05) is 56.8 Å². The predicted molar refractivity (Wildman–Crippen MR) is 103 cm³/mol. The summed E-state index contributed by atoms with van der Waals surface area (Å²) < 4.78 is 5.58. The van der Waals surface area contributed by atoms with Crippen molar-refractivity contribution in [1.82, 2.24) is 20.4 Å². The Morgan fingerprint density at radius 3 is 2.73 bits per heavy atom. The highest BCUT2D eigenvalue weighted by molar-refractivity contribution is 5.81. The summed E-state index contributed by atoms with van der Waals surface area (Å²) in [4.78, 5) is 21.5. The summed E-state index contributed by atoms with van der Waals surface area (Å²) in [5, 5.41) is 6.52. The Balaban J connectivity index is 1.73.